The standard InChI is InChI=1S/C16H20N2O2/c1-12(14-5-4-8-17-11-14)18-10-13-6-7-15(19-2)16(9-13)20-3/h4-9,11-12,18H,10H2,1-3H3/t12-/m1/s1. The summed E-state index contributed by atoms with van der Waals surface area (Å²) in [6.07, 6.45) is 3.66. The van der Waals surface area contributed by atoms with Gasteiger partial charge in [0.15, 0.2) is 11.5 Å². The van der Waals surface area contributed by atoms with Crippen LogP contribution in [-0.2, 0) is 6.54 Å². The number of ether oxygens (including phenoxy) is 2. The molecule has 20 heavy (non-hydrogen) atoms. The van der Waals surface area contributed by atoms with E-state index in [1.165, 1.54) is 5.56 Å². The first kappa shape index (κ1) is 14.3. The molecule has 0 aliphatic carbocycles. The van der Waals surface area contributed by atoms with Crippen molar-refractivity contribution in [2.75, 3.05) is 14.2 Å². The van der Waals surface area contributed by atoms with Crippen LogP contribution in [-0.4, -0.2) is 19.2 Å². The van der Waals surface area contributed by atoms with E-state index in [2.05, 4.69) is 23.3 Å². The van der Waals surface area contributed by atoms with Crippen LogP contribution in [0.1, 0.15) is 24.1 Å². The van der Waals surface area contributed by atoms with Gasteiger partial charge in [0.25, 0.3) is 0 Å². The number of methoxy groups -OCH3 is 2. The summed E-state index contributed by atoms with van der Waals surface area (Å²) in [5.41, 5.74) is 2.33. The summed E-state index contributed by atoms with van der Waals surface area (Å²) in [5.74, 6) is 1.50. The van der Waals surface area contributed by atoms with E-state index in [0.717, 1.165) is 23.6 Å². The van der Waals surface area contributed by atoms with E-state index in [1.54, 1.807) is 20.4 Å². The number of pyridine rings is 1. The molecular weight excluding hydrogens is 252 g/mol. The molecule has 0 bridgehead atoms. The Morgan fingerprint density at radius 2 is 1.95 bits per heavy atom. The molecule has 1 N–H and O–H groups in total. The monoisotopic (exact) mass is 272 g/mol. The Labute approximate surface area is 119 Å². The van der Waals surface area contributed by atoms with Gasteiger partial charge in [-0.05, 0) is 36.2 Å². The second kappa shape index (κ2) is 6.91. The zero-order valence-electron chi connectivity index (χ0n) is 12.1. The van der Waals surface area contributed by atoms with Gasteiger partial charge in [-0.2, -0.15) is 0 Å². The molecule has 0 fully saturated rings. The minimum Gasteiger partial charge on any atom is -0.493 e. The zero-order valence-corrected chi connectivity index (χ0v) is 12.1. The number of rotatable bonds is 6. The summed E-state index contributed by atoms with van der Waals surface area (Å²) in [4.78, 5) is 4.13. The topological polar surface area (TPSA) is 43.4 Å². The van der Waals surface area contributed by atoms with Crippen LogP contribution in [0, 0.1) is 0 Å². The molecular formula is C16H20N2O2. The summed E-state index contributed by atoms with van der Waals surface area (Å²) in [6, 6.07) is 10.2. The van der Waals surface area contributed by atoms with Gasteiger partial charge in [-0.3, -0.25) is 4.98 Å². The molecule has 106 valence electrons. The third kappa shape index (κ3) is 3.48. The molecule has 0 saturated carbocycles. The van der Waals surface area contributed by atoms with Crippen LogP contribution in [0.25, 0.3) is 0 Å². The molecule has 1 aromatic heterocycles. The van der Waals surface area contributed by atoms with Gasteiger partial charge in [0.05, 0.1) is 14.2 Å². The number of hydrogen-bond donors (Lipinski definition) is 1. The summed E-state index contributed by atoms with van der Waals surface area (Å²) in [5, 5.41) is 3.47. The molecule has 4 nitrogen and oxygen atoms in total. The highest BCUT2D eigenvalue weighted by atomic mass is 16.5. The first-order chi connectivity index (χ1) is 9.74. The normalized spacial score (nSPS) is 11.9. The molecule has 4 heteroatoms. The zero-order chi connectivity index (χ0) is 14.4. The molecule has 1 aromatic carbocycles. The van der Waals surface area contributed by atoms with Gasteiger partial charge >= 0.3 is 0 Å². The van der Waals surface area contributed by atoms with Crippen LogP contribution in [0.4, 0.5) is 0 Å². The van der Waals surface area contributed by atoms with Crippen molar-refractivity contribution in [2.24, 2.45) is 0 Å². The van der Waals surface area contributed by atoms with E-state index in [0.29, 0.717) is 0 Å². The SMILES string of the molecule is COc1ccc(CN[C@H](C)c2cccnc2)cc1OC. The Morgan fingerprint density at radius 3 is 2.60 bits per heavy atom. The predicted octanol–water partition coefficient (Wildman–Crippen LogP) is 2.95. The maximum Gasteiger partial charge on any atom is 0.161 e. The highest BCUT2D eigenvalue weighted by Crippen LogP contribution is 2.27. The maximum atomic E-state index is 5.31. The fourth-order valence-electron chi connectivity index (χ4n) is 2.01. The first-order valence-electron chi connectivity index (χ1n) is 6.59. The average Bonchev–Trinajstić information content (AvgIpc) is 2.53. The van der Waals surface area contributed by atoms with Crippen molar-refractivity contribution in [2.45, 2.75) is 19.5 Å². The molecule has 1 atom stereocenters. The quantitative estimate of drug-likeness (QED) is 0.878. The van der Waals surface area contributed by atoms with Crippen LogP contribution in [0.3, 0.4) is 0 Å². The number of nitrogens with zero attached hydrogens (tertiary/aromatic N) is 1. The van der Waals surface area contributed by atoms with E-state index in [9.17, 15) is 0 Å². The van der Waals surface area contributed by atoms with E-state index in [4.69, 9.17) is 9.47 Å². The van der Waals surface area contributed by atoms with Crippen molar-refractivity contribution in [1.29, 1.82) is 0 Å². The van der Waals surface area contributed by atoms with E-state index < -0.39 is 0 Å². The number of hydrogen-bond acceptors (Lipinski definition) is 4. The fraction of sp³-hybridized carbons (Fsp3) is 0.312. The Hall–Kier alpha value is -2.07. The highest BCUT2D eigenvalue weighted by molar-refractivity contribution is 5.42. The molecule has 0 aliphatic heterocycles. The summed E-state index contributed by atoms with van der Waals surface area (Å²) < 4.78 is 10.5. The molecule has 2 rings (SSSR count). The van der Waals surface area contributed by atoms with Gasteiger partial charge in [-0.15, -0.1) is 0 Å². The Morgan fingerprint density at radius 1 is 1.15 bits per heavy atom. The van der Waals surface area contributed by atoms with Crippen molar-refractivity contribution < 1.29 is 9.47 Å². The van der Waals surface area contributed by atoms with Gasteiger partial charge in [0.2, 0.25) is 0 Å². The first-order valence-corrected chi connectivity index (χ1v) is 6.59. The van der Waals surface area contributed by atoms with Crippen molar-refractivity contribution in [3.8, 4) is 11.5 Å². The molecule has 0 radical (unpaired) electrons. The van der Waals surface area contributed by atoms with Gasteiger partial charge in [-0.25, -0.2) is 0 Å². The highest BCUT2D eigenvalue weighted by Gasteiger charge is 2.07. The lowest BCUT2D eigenvalue weighted by Crippen LogP contribution is -2.18. The van der Waals surface area contributed by atoms with E-state index in [-0.39, 0.29) is 6.04 Å². The van der Waals surface area contributed by atoms with Crippen LogP contribution >= 0.6 is 0 Å². The second-order valence-corrected chi connectivity index (χ2v) is 4.58. The lowest BCUT2D eigenvalue weighted by atomic mass is 10.1. The Kier molecular flexibility index (Phi) is 4.96. The van der Waals surface area contributed by atoms with Crippen molar-refractivity contribution in [3.63, 3.8) is 0 Å². The summed E-state index contributed by atoms with van der Waals surface area (Å²) >= 11 is 0. The summed E-state index contributed by atoms with van der Waals surface area (Å²) in [7, 11) is 3.29. The van der Waals surface area contributed by atoms with Crippen LogP contribution in [0.15, 0.2) is 42.7 Å². The third-order valence-corrected chi connectivity index (χ3v) is 3.24. The van der Waals surface area contributed by atoms with Crippen LogP contribution in [0.5, 0.6) is 11.5 Å². The predicted molar refractivity (Wildman–Crippen MR) is 79.0 cm³/mol. The van der Waals surface area contributed by atoms with Gasteiger partial charge in [0, 0.05) is 25.0 Å². The van der Waals surface area contributed by atoms with Gasteiger partial charge in [0.1, 0.15) is 0 Å². The van der Waals surface area contributed by atoms with Gasteiger partial charge in [-0.1, -0.05) is 12.1 Å². The van der Waals surface area contributed by atoms with E-state index in [1.807, 2.05) is 30.5 Å². The molecule has 0 saturated heterocycles. The third-order valence-electron chi connectivity index (χ3n) is 3.24. The number of benzene rings is 1. The largest absolute Gasteiger partial charge is 0.493 e. The lowest BCUT2D eigenvalue weighted by molar-refractivity contribution is 0.354. The van der Waals surface area contributed by atoms with Crippen LogP contribution in [0.2, 0.25) is 0 Å². The minimum atomic E-state index is 0.247. The molecule has 0 spiro atoms. The number of nitrogens with one attached hydrogen (secondary N) is 1. The molecule has 2 aromatic rings. The summed E-state index contributed by atoms with van der Waals surface area (Å²) in [6.45, 7) is 2.88. The lowest BCUT2D eigenvalue weighted by Gasteiger charge is -2.15. The molecule has 0 aliphatic rings. The Bertz CT molecular complexity index is 543. The van der Waals surface area contributed by atoms with E-state index >= 15 is 0 Å². The fourth-order valence-corrected chi connectivity index (χ4v) is 2.01. The second-order valence-electron chi connectivity index (χ2n) is 4.58. The Balaban J connectivity index is 2.00. The van der Waals surface area contributed by atoms with Crippen molar-refractivity contribution >= 4 is 0 Å². The van der Waals surface area contributed by atoms with Crippen LogP contribution < -0.4 is 14.8 Å². The number of aromatic nitrogens is 1. The smallest absolute Gasteiger partial charge is 0.161 e. The van der Waals surface area contributed by atoms with Crippen molar-refractivity contribution in [1.82, 2.24) is 10.3 Å². The van der Waals surface area contributed by atoms with Crippen molar-refractivity contribution in [3.05, 3.63) is 53.9 Å². The average molecular weight is 272 g/mol. The minimum absolute atomic E-state index is 0.247. The molecule has 0 unspecified atom stereocenters. The molecule has 0 amide bonds. The maximum absolute atomic E-state index is 5.31. The molecule has 1 heterocycles. The van der Waals surface area contributed by atoms with Gasteiger partial charge < -0.3 is 14.8 Å².